The van der Waals surface area contributed by atoms with Crippen molar-refractivity contribution >= 4 is 23.2 Å². The first kappa shape index (κ1) is 20.1. The Morgan fingerprint density at radius 1 is 1.13 bits per heavy atom. The van der Waals surface area contributed by atoms with Crippen LogP contribution in [0.1, 0.15) is 28.6 Å². The highest BCUT2D eigenvalue weighted by molar-refractivity contribution is 7.99. The van der Waals surface area contributed by atoms with Gasteiger partial charge in [-0.2, -0.15) is 0 Å². The lowest BCUT2D eigenvalue weighted by molar-refractivity contribution is 0.398. The van der Waals surface area contributed by atoms with E-state index in [4.69, 9.17) is 18.9 Å². The molecule has 0 bridgehead atoms. The van der Waals surface area contributed by atoms with Gasteiger partial charge in [0, 0.05) is 28.2 Å². The Hall–Kier alpha value is -3.19. The lowest BCUT2D eigenvalue weighted by Gasteiger charge is -2.19. The topological polar surface area (TPSA) is 81.3 Å². The fraction of sp³-hybridized carbons (Fsp3) is 0.217. The van der Waals surface area contributed by atoms with E-state index >= 15 is 0 Å². The van der Waals surface area contributed by atoms with Crippen LogP contribution in [-0.2, 0) is 0 Å². The van der Waals surface area contributed by atoms with Crippen molar-refractivity contribution in [2.75, 3.05) is 14.2 Å². The van der Waals surface area contributed by atoms with Gasteiger partial charge in [-0.25, -0.2) is 4.79 Å². The van der Waals surface area contributed by atoms with Gasteiger partial charge in [-0.15, -0.1) is 11.8 Å². The average molecular weight is 423 g/mol. The van der Waals surface area contributed by atoms with E-state index in [9.17, 15) is 9.90 Å². The van der Waals surface area contributed by atoms with Gasteiger partial charge in [-0.05, 0) is 37.3 Å². The molecule has 0 spiro atoms. The lowest BCUT2D eigenvalue weighted by atomic mass is 10.0. The fourth-order valence-corrected chi connectivity index (χ4v) is 4.75. The predicted molar refractivity (Wildman–Crippen MR) is 117 cm³/mol. The third kappa shape index (κ3) is 3.80. The van der Waals surface area contributed by atoms with Crippen molar-refractivity contribution in [2.24, 2.45) is 4.99 Å². The molecule has 0 amide bonds. The van der Waals surface area contributed by atoms with E-state index in [0.717, 1.165) is 16.1 Å². The molecular formula is C23H21NO5S. The van der Waals surface area contributed by atoms with Crippen molar-refractivity contribution in [3.05, 3.63) is 75.8 Å². The van der Waals surface area contributed by atoms with Crippen LogP contribution in [0.15, 0.2) is 67.6 Å². The van der Waals surface area contributed by atoms with E-state index in [2.05, 4.69) is 0 Å². The van der Waals surface area contributed by atoms with Gasteiger partial charge in [0.1, 0.15) is 28.6 Å². The monoisotopic (exact) mass is 423 g/mol. The molecule has 1 aromatic heterocycles. The first-order valence-corrected chi connectivity index (χ1v) is 10.3. The van der Waals surface area contributed by atoms with Gasteiger partial charge >= 0.3 is 5.63 Å². The van der Waals surface area contributed by atoms with Gasteiger partial charge < -0.3 is 19.0 Å². The first-order valence-electron chi connectivity index (χ1n) is 9.39. The maximum Gasteiger partial charge on any atom is 0.348 e. The van der Waals surface area contributed by atoms with E-state index < -0.39 is 5.63 Å². The van der Waals surface area contributed by atoms with E-state index in [1.165, 1.54) is 6.07 Å². The van der Waals surface area contributed by atoms with Crippen LogP contribution in [-0.4, -0.2) is 25.0 Å². The second-order valence-electron chi connectivity index (χ2n) is 6.85. The third-order valence-corrected chi connectivity index (χ3v) is 6.20. The molecule has 4 rings (SSSR count). The average Bonchev–Trinajstić information content (AvgIpc) is 2.92. The van der Waals surface area contributed by atoms with Gasteiger partial charge in [-0.1, -0.05) is 12.1 Å². The molecule has 30 heavy (non-hydrogen) atoms. The van der Waals surface area contributed by atoms with Gasteiger partial charge in [0.25, 0.3) is 0 Å². The summed E-state index contributed by atoms with van der Waals surface area (Å²) in [4.78, 5) is 18.3. The van der Waals surface area contributed by atoms with Crippen LogP contribution < -0.4 is 15.1 Å². The molecule has 0 saturated carbocycles. The van der Waals surface area contributed by atoms with Gasteiger partial charge in [0.05, 0.1) is 25.6 Å². The van der Waals surface area contributed by atoms with E-state index in [-0.39, 0.29) is 16.6 Å². The SMILES string of the molecule is COc1ccc(OC)c(C2CC(c3c(O)cc(C)oc3=O)=Nc3ccccc3S2)c1. The Kier molecular flexibility index (Phi) is 5.55. The second kappa shape index (κ2) is 8.28. The molecule has 2 heterocycles. The number of rotatable bonds is 4. The molecule has 6 nitrogen and oxygen atoms in total. The minimum Gasteiger partial charge on any atom is -0.507 e. The Bertz CT molecular complexity index is 1180. The fourth-order valence-electron chi connectivity index (χ4n) is 3.49. The third-order valence-electron chi connectivity index (χ3n) is 4.89. The van der Waals surface area contributed by atoms with Crippen LogP contribution in [0.5, 0.6) is 17.2 Å². The van der Waals surface area contributed by atoms with Gasteiger partial charge in [-0.3, -0.25) is 4.99 Å². The molecule has 7 heteroatoms. The smallest absolute Gasteiger partial charge is 0.348 e. The number of ether oxygens (including phenoxy) is 2. The van der Waals surface area contributed by atoms with Crippen LogP contribution in [0, 0.1) is 6.92 Å². The number of nitrogens with zero attached hydrogens (tertiary/aromatic N) is 1. The summed E-state index contributed by atoms with van der Waals surface area (Å²) in [6.07, 6.45) is 0.393. The van der Waals surface area contributed by atoms with Crippen molar-refractivity contribution < 1.29 is 19.0 Å². The molecule has 0 aliphatic carbocycles. The summed E-state index contributed by atoms with van der Waals surface area (Å²) >= 11 is 1.63. The zero-order valence-electron chi connectivity index (χ0n) is 16.8. The van der Waals surface area contributed by atoms with E-state index in [1.807, 2.05) is 42.5 Å². The number of benzene rings is 2. The number of fused-ring (bicyclic) bond motifs is 1. The number of thioether (sulfide) groups is 1. The molecule has 0 radical (unpaired) electrons. The molecule has 0 saturated heterocycles. The molecule has 1 N–H and O–H groups in total. The van der Waals surface area contributed by atoms with Gasteiger partial charge in [0.15, 0.2) is 0 Å². The summed E-state index contributed by atoms with van der Waals surface area (Å²) in [5.74, 6) is 1.63. The Morgan fingerprint density at radius 3 is 2.67 bits per heavy atom. The molecule has 0 fully saturated rings. The number of aliphatic imine (C=N–C) groups is 1. The highest BCUT2D eigenvalue weighted by atomic mass is 32.2. The number of aryl methyl sites for hydroxylation is 1. The van der Waals surface area contributed by atoms with Crippen molar-refractivity contribution in [1.29, 1.82) is 0 Å². The number of aromatic hydroxyl groups is 1. The molecular weight excluding hydrogens is 402 g/mol. The predicted octanol–water partition coefficient (Wildman–Crippen LogP) is 5.03. The van der Waals surface area contributed by atoms with Crippen molar-refractivity contribution in [3.8, 4) is 17.2 Å². The zero-order chi connectivity index (χ0) is 21.3. The number of methoxy groups -OCH3 is 2. The molecule has 2 aromatic carbocycles. The maximum absolute atomic E-state index is 12.6. The maximum atomic E-state index is 12.6. The summed E-state index contributed by atoms with van der Waals surface area (Å²) in [7, 11) is 3.24. The van der Waals surface area contributed by atoms with Crippen molar-refractivity contribution in [2.45, 2.75) is 23.5 Å². The summed E-state index contributed by atoms with van der Waals surface area (Å²) in [6.45, 7) is 1.62. The Morgan fingerprint density at radius 2 is 1.93 bits per heavy atom. The molecule has 1 aliphatic rings. The number of para-hydroxylation sites is 1. The Balaban J connectivity index is 1.89. The number of hydrogen-bond acceptors (Lipinski definition) is 7. The van der Waals surface area contributed by atoms with Crippen LogP contribution in [0.2, 0.25) is 0 Å². The largest absolute Gasteiger partial charge is 0.507 e. The lowest BCUT2D eigenvalue weighted by Crippen LogP contribution is -2.17. The highest BCUT2D eigenvalue weighted by Gasteiger charge is 2.28. The summed E-state index contributed by atoms with van der Waals surface area (Å²) in [5, 5.41) is 10.4. The summed E-state index contributed by atoms with van der Waals surface area (Å²) < 4.78 is 16.2. The Labute approximate surface area is 178 Å². The minimum atomic E-state index is -0.605. The van der Waals surface area contributed by atoms with E-state index in [1.54, 1.807) is 32.9 Å². The number of hydrogen-bond donors (Lipinski definition) is 1. The normalized spacial score (nSPS) is 15.7. The van der Waals surface area contributed by atoms with Gasteiger partial charge in [0.2, 0.25) is 0 Å². The second-order valence-corrected chi connectivity index (χ2v) is 8.09. The quantitative estimate of drug-likeness (QED) is 0.634. The molecule has 1 atom stereocenters. The van der Waals surface area contributed by atoms with Crippen molar-refractivity contribution in [3.63, 3.8) is 0 Å². The van der Waals surface area contributed by atoms with E-state index in [0.29, 0.717) is 29.4 Å². The molecule has 154 valence electrons. The molecule has 1 unspecified atom stereocenters. The first-order chi connectivity index (χ1) is 14.5. The highest BCUT2D eigenvalue weighted by Crippen LogP contribution is 2.48. The molecule has 3 aromatic rings. The van der Waals surface area contributed by atoms with Crippen LogP contribution in [0.25, 0.3) is 0 Å². The van der Waals surface area contributed by atoms with Crippen LogP contribution in [0.4, 0.5) is 5.69 Å². The van der Waals surface area contributed by atoms with Crippen LogP contribution in [0.3, 0.4) is 0 Å². The summed E-state index contributed by atoms with van der Waals surface area (Å²) in [6, 6.07) is 14.8. The summed E-state index contributed by atoms with van der Waals surface area (Å²) in [5.41, 5.74) is 1.61. The van der Waals surface area contributed by atoms with Crippen molar-refractivity contribution in [1.82, 2.24) is 0 Å². The van der Waals surface area contributed by atoms with Crippen LogP contribution >= 0.6 is 11.8 Å². The molecule has 1 aliphatic heterocycles. The minimum absolute atomic E-state index is 0.0877. The zero-order valence-corrected chi connectivity index (χ0v) is 17.7. The standard InChI is InChI=1S/C23H21NO5S/c1-13-10-18(25)22(23(26)29-13)17-12-21(30-20-7-5-4-6-16(20)24-17)15-11-14(27-2)8-9-19(15)28-3/h4-11,21,25H,12H2,1-3H3.